The molecule has 18 heavy (non-hydrogen) atoms. The quantitative estimate of drug-likeness (QED) is 0.819. The summed E-state index contributed by atoms with van der Waals surface area (Å²) in [6.07, 6.45) is 2.86. The summed E-state index contributed by atoms with van der Waals surface area (Å²) in [4.78, 5) is 3.40. The molecule has 2 aromatic heterocycles. The van der Waals surface area contributed by atoms with Gasteiger partial charge in [-0.05, 0) is 18.5 Å². The number of thiophene rings is 1. The summed E-state index contributed by atoms with van der Waals surface area (Å²) < 4.78 is 1.67. The molecule has 6 heteroatoms. The van der Waals surface area contributed by atoms with E-state index in [0.29, 0.717) is 18.8 Å². The van der Waals surface area contributed by atoms with Gasteiger partial charge in [0.15, 0.2) is 0 Å². The second-order valence-electron chi connectivity index (χ2n) is 4.43. The molecule has 0 aliphatic rings. The van der Waals surface area contributed by atoms with Crippen LogP contribution in [0.4, 0.5) is 5.69 Å². The van der Waals surface area contributed by atoms with Gasteiger partial charge in [-0.25, -0.2) is 0 Å². The van der Waals surface area contributed by atoms with Crippen LogP contribution >= 0.6 is 11.3 Å². The highest BCUT2D eigenvalue weighted by atomic mass is 32.1. The third kappa shape index (κ3) is 3.83. The van der Waals surface area contributed by atoms with E-state index in [1.54, 1.807) is 28.4 Å². The lowest BCUT2D eigenvalue weighted by Crippen LogP contribution is -2.31. The maximum Gasteiger partial charge on any atom is 0.0862 e. The summed E-state index contributed by atoms with van der Waals surface area (Å²) in [5.74, 6) is 0. The fourth-order valence-electron chi connectivity index (χ4n) is 1.85. The number of nitrogens with two attached hydrogens (primary N) is 1. The SMILES string of the molecule is CN(Cc1cccs1)CC(O)Cn1cc(N)cn1. The zero-order valence-corrected chi connectivity index (χ0v) is 11.2. The molecule has 2 aromatic rings. The van der Waals surface area contributed by atoms with Gasteiger partial charge in [-0.2, -0.15) is 5.10 Å². The molecule has 0 spiro atoms. The third-order valence-corrected chi connectivity index (χ3v) is 3.44. The maximum atomic E-state index is 9.97. The highest BCUT2D eigenvalue weighted by Gasteiger charge is 2.10. The Bertz CT molecular complexity index is 468. The number of hydrogen-bond donors (Lipinski definition) is 2. The Hall–Kier alpha value is -1.37. The van der Waals surface area contributed by atoms with Crippen molar-refractivity contribution in [2.45, 2.75) is 19.2 Å². The van der Waals surface area contributed by atoms with Crippen molar-refractivity contribution >= 4 is 17.0 Å². The molecule has 0 amide bonds. The van der Waals surface area contributed by atoms with Crippen molar-refractivity contribution in [2.24, 2.45) is 0 Å². The zero-order valence-electron chi connectivity index (χ0n) is 10.4. The molecule has 3 N–H and O–H groups in total. The number of aliphatic hydroxyl groups is 1. The van der Waals surface area contributed by atoms with Gasteiger partial charge in [0.2, 0.25) is 0 Å². The summed E-state index contributed by atoms with van der Waals surface area (Å²) in [6.45, 7) is 1.93. The Morgan fingerprint density at radius 1 is 1.61 bits per heavy atom. The van der Waals surface area contributed by atoms with E-state index in [2.05, 4.69) is 21.4 Å². The first-order valence-electron chi connectivity index (χ1n) is 5.80. The van der Waals surface area contributed by atoms with E-state index in [1.807, 2.05) is 13.1 Å². The molecule has 0 aliphatic heterocycles. The zero-order chi connectivity index (χ0) is 13.0. The summed E-state index contributed by atoms with van der Waals surface area (Å²) in [7, 11) is 2.00. The van der Waals surface area contributed by atoms with Gasteiger partial charge in [0.1, 0.15) is 0 Å². The molecule has 0 aliphatic carbocycles. The Labute approximate surface area is 110 Å². The highest BCUT2D eigenvalue weighted by Crippen LogP contribution is 2.11. The van der Waals surface area contributed by atoms with Crippen molar-refractivity contribution in [3.05, 3.63) is 34.8 Å². The lowest BCUT2D eigenvalue weighted by atomic mass is 10.3. The summed E-state index contributed by atoms with van der Waals surface area (Å²) >= 11 is 1.73. The number of rotatable bonds is 6. The van der Waals surface area contributed by atoms with Crippen molar-refractivity contribution in [3.8, 4) is 0 Å². The summed E-state index contributed by atoms with van der Waals surface area (Å²) in [6, 6.07) is 4.14. The fraction of sp³-hybridized carbons (Fsp3) is 0.417. The molecule has 5 nitrogen and oxygen atoms in total. The molecule has 0 bridgehead atoms. The molecule has 0 saturated heterocycles. The van der Waals surface area contributed by atoms with Crippen molar-refractivity contribution in [2.75, 3.05) is 19.3 Å². The van der Waals surface area contributed by atoms with Crippen LogP contribution < -0.4 is 5.73 Å². The van der Waals surface area contributed by atoms with Gasteiger partial charge >= 0.3 is 0 Å². The average Bonchev–Trinajstić information content (AvgIpc) is 2.90. The Balaban J connectivity index is 1.78. The van der Waals surface area contributed by atoms with E-state index in [9.17, 15) is 5.11 Å². The van der Waals surface area contributed by atoms with Crippen LogP contribution in [0.25, 0.3) is 0 Å². The van der Waals surface area contributed by atoms with Crippen LogP contribution in [0, 0.1) is 0 Å². The number of anilines is 1. The topological polar surface area (TPSA) is 67.3 Å². The molecular formula is C12H18N4OS. The van der Waals surface area contributed by atoms with Crippen molar-refractivity contribution in [1.29, 1.82) is 0 Å². The summed E-state index contributed by atoms with van der Waals surface area (Å²) in [5, 5.41) is 16.1. The summed E-state index contributed by atoms with van der Waals surface area (Å²) in [5.41, 5.74) is 6.19. The third-order valence-electron chi connectivity index (χ3n) is 2.58. The van der Waals surface area contributed by atoms with Gasteiger partial charge in [-0.15, -0.1) is 11.3 Å². The fourth-order valence-corrected chi connectivity index (χ4v) is 2.63. The monoisotopic (exact) mass is 266 g/mol. The van der Waals surface area contributed by atoms with Gasteiger partial charge in [0.05, 0.1) is 24.5 Å². The molecule has 2 rings (SSSR count). The number of likely N-dealkylation sites (N-methyl/N-ethyl adjacent to an activating group) is 1. The van der Waals surface area contributed by atoms with Crippen LogP contribution in [0.5, 0.6) is 0 Å². The molecule has 1 atom stereocenters. The van der Waals surface area contributed by atoms with Gasteiger partial charge in [-0.1, -0.05) is 6.07 Å². The van der Waals surface area contributed by atoms with Crippen molar-refractivity contribution in [3.63, 3.8) is 0 Å². The first-order chi connectivity index (χ1) is 8.63. The van der Waals surface area contributed by atoms with Crippen molar-refractivity contribution < 1.29 is 5.11 Å². The van der Waals surface area contributed by atoms with E-state index in [4.69, 9.17) is 5.73 Å². The average molecular weight is 266 g/mol. The van der Waals surface area contributed by atoms with Gasteiger partial charge in [0, 0.05) is 24.2 Å². The van der Waals surface area contributed by atoms with Crippen LogP contribution in [0.15, 0.2) is 29.9 Å². The predicted octanol–water partition coefficient (Wildman–Crippen LogP) is 1.02. The standard InChI is InChI=1S/C12H18N4OS/c1-15(9-12-3-2-4-18-12)7-11(17)8-16-6-10(13)5-14-16/h2-6,11,17H,7-9,13H2,1H3. The second-order valence-corrected chi connectivity index (χ2v) is 5.46. The van der Waals surface area contributed by atoms with E-state index in [0.717, 1.165) is 6.54 Å². The molecular weight excluding hydrogens is 248 g/mol. The molecule has 1 unspecified atom stereocenters. The number of nitrogens with zero attached hydrogens (tertiary/aromatic N) is 3. The van der Waals surface area contributed by atoms with E-state index in [1.165, 1.54) is 4.88 Å². The largest absolute Gasteiger partial charge is 0.396 e. The van der Waals surface area contributed by atoms with E-state index < -0.39 is 6.10 Å². The van der Waals surface area contributed by atoms with Crippen LogP contribution in [0.2, 0.25) is 0 Å². The van der Waals surface area contributed by atoms with Gasteiger partial charge in [0.25, 0.3) is 0 Å². The molecule has 0 saturated carbocycles. The Morgan fingerprint density at radius 2 is 2.44 bits per heavy atom. The number of aliphatic hydroxyl groups excluding tert-OH is 1. The lowest BCUT2D eigenvalue weighted by Gasteiger charge is -2.19. The minimum absolute atomic E-state index is 0.450. The maximum absolute atomic E-state index is 9.97. The van der Waals surface area contributed by atoms with E-state index >= 15 is 0 Å². The van der Waals surface area contributed by atoms with Crippen molar-refractivity contribution in [1.82, 2.24) is 14.7 Å². The van der Waals surface area contributed by atoms with E-state index in [-0.39, 0.29) is 0 Å². The normalized spacial score (nSPS) is 13.1. The lowest BCUT2D eigenvalue weighted by molar-refractivity contribution is 0.104. The molecule has 0 radical (unpaired) electrons. The highest BCUT2D eigenvalue weighted by molar-refractivity contribution is 7.09. The van der Waals surface area contributed by atoms with Crippen LogP contribution in [-0.2, 0) is 13.1 Å². The first kappa shape index (κ1) is 13.1. The molecule has 98 valence electrons. The number of nitrogen functional groups attached to an aromatic ring is 1. The Morgan fingerprint density at radius 3 is 3.06 bits per heavy atom. The molecule has 0 fully saturated rings. The van der Waals surface area contributed by atoms with Crippen LogP contribution in [-0.4, -0.2) is 39.5 Å². The molecule has 2 heterocycles. The van der Waals surface area contributed by atoms with Gasteiger partial charge < -0.3 is 10.8 Å². The minimum Gasteiger partial charge on any atom is -0.396 e. The molecule has 0 aromatic carbocycles. The smallest absolute Gasteiger partial charge is 0.0862 e. The predicted molar refractivity (Wildman–Crippen MR) is 73.3 cm³/mol. The van der Waals surface area contributed by atoms with Gasteiger partial charge in [-0.3, -0.25) is 9.58 Å². The minimum atomic E-state index is -0.450. The Kier molecular flexibility index (Phi) is 4.35. The number of hydrogen-bond acceptors (Lipinski definition) is 5. The second kappa shape index (κ2) is 5.99. The van der Waals surface area contributed by atoms with Crippen LogP contribution in [0.1, 0.15) is 4.88 Å². The van der Waals surface area contributed by atoms with Crippen LogP contribution in [0.3, 0.4) is 0 Å². The first-order valence-corrected chi connectivity index (χ1v) is 6.68. The number of aromatic nitrogens is 2.